The van der Waals surface area contributed by atoms with Gasteiger partial charge in [0, 0.05) is 19.1 Å². The molecule has 3 rings (SSSR count). The van der Waals surface area contributed by atoms with Crippen molar-refractivity contribution in [2.45, 2.75) is 32.7 Å². The van der Waals surface area contributed by atoms with Gasteiger partial charge in [0.2, 0.25) is 0 Å². The summed E-state index contributed by atoms with van der Waals surface area (Å²) in [5.74, 6) is 0.242. The molecule has 2 N–H and O–H groups in total. The number of piperidine rings is 1. The first-order valence-electron chi connectivity index (χ1n) is 9.61. The fourth-order valence-electron chi connectivity index (χ4n) is 3.42. The van der Waals surface area contributed by atoms with Crippen LogP contribution in [0.5, 0.6) is 11.5 Å². The molecule has 1 saturated heterocycles. The van der Waals surface area contributed by atoms with Gasteiger partial charge in [0.15, 0.2) is 0 Å². The molecule has 0 aromatic heterocycles. The highest BCUT2D eigenvalue weighted by molar-refractivity contribution is 5.98. The molecule has 28 heavy (non-hydrogen) atoms. The van der Waals surface area contributed by atoms with Crippen LogP contribution in [0.25, 0.3) is 0 Å². The summed E-state index contributed by atoms with van der Waals surface area (Å²) in [7, 11) is 0. The second kappa shape index (κ2) is 8.78. The van der Waals surface area contributed by atoms with Gasteiger partial charge in [-0.25, -0.2) is 0 Å². The molecular weight excluding hydrogens is 356 g/mol. The van der Waals surface area contributed by atoms with Gasteiger partial charge in [-0.2, -0.15) is 0 Å². The van der Waals surface area contributed by atoms with Crippen LogP contribution in [0.1, 0.15) is 46.0 Å². The molecule has 0 aliphatic carbocycles. The average molecular weight is 382 g/mol. The molecule has 1 fully saturated rings. The van der Waals surface area contributed by atoms with Crippen molar-refractivity contribution in [1.82, 2.24) is 10.2 Å². The van der Waals surface area contributed by atoms with Crippen molar-refractivity contribution in [3.63, 3.8) is 0 Å². The van der Waals surface area contributed by atoms with Crippen molar-refractivity contribution in [3.05, 3.63) is 59.2 Å². The Morgan fingerprint density at radius 3 is 2.54 bits per heavy atom. The molecule has 0 radical (unpaired) electrons. The molecule has 2 aromatic rings. The molecule has 0 spiro atoms. The largest absolute Gasteiger partial charge is 0.507 e. The monoisotopic (exact) mass is 382 g/mol. The van der Waals surface area contributed by atoms with Crippen LogP contribution in [0.3, 0.4) is 0 Å². The van der Waals surface area contributed by atoms with Crippen LogP contribution in [-0.4, -0.2) is 47.6 Å². The van der Waals surface area contributed by atoms with Gasteiger partial charge >= 0.3 is 0 Å². The Balaban J connectivity index is 1.58. The Hall–Kier alpha value is -3.02. The third-order valence-corrected chi connectivity index (χ3v) is 4.93. The summed E-state index contributed by atoms with van der Waals surface area (Å²) in [6.07, 6.45) is 1.34. The minimum Gasteiger partial charge on any atom is -0.507 e. The number of carbonyl (C=O) groups excluding carboxylic acids is 2. The van der Waals surface area contributed by atoms with Crippen molar-refractivity contribution in [2.24, 2.45) is 0 Å². The van der Waals surface area contributed by atoms with E-state index in [9.17, 15) is 14.7 Å². The highest BCUT2D eigenvalue weighted by atomic mass is 16.5. The van der Waals surface area contributed by atoms with Crippen molar-refractivity contribution < 1.29 is 19.4 Å². The predicted octanol–water partition coefficient (Wildman–Crippen LogP) is 3.13. The molecule has 0 saturated carbocycles. The Morgan fingerprint density at radius 1 is 1.14 bits per heavy atom. The van der Waals surface area contributed by atoms with Gasteiger partial charge in [0.25, 0.3) is 11.8 Å². The number of hydrogen-bond acceptors (Lipinski definition) is 4. The summed E-state index contributed by atoms with van der Waals surface area (Å²) in [5.41, 5.74) is 1.74. The Labute approximate surface area is 165 Å². The van der Waals surface area contributed by atoms with Gasteiger partial charge in [-0.1, -0.05) is 18.2 Å². The summed E-state index contributed by atoms with van der Waals surface area (Å²) < 4.78 is 5.56. The van der Waals surface area contributed by atoms with Crippen LogP contribution in [0.15, 0.2) is 42.5 Å². The van der Waals surface area contributed by atoms with Crippen LogP contribution in [0.2, 0.25) is 0 Å². The number of amides is 2. The lowest BCUT2D eigenvalue weighted by molar-refractivity contribution is 0.0694. The normalized spacial score (nSPS) is 14.6. The second-order valence-corrected chi connectivity index (χ2v) is 6.99. The lowest BCUT2D eigenvalue weighted by Crippen LogP contribution is -2.46. The van der Waals surface area contributed by atoms with Crippen molar-refractivity contribution >= 4 is 11.8 Å². The summed E-state index contributed by atoms with van der Waals surface area (Å²) >= 11 is 0. The van der Waals surface area contributed by atoms with Crippen LogP contribution >= 0.6 is 0 Å². The first-order valence-corrected chi connectivity index (χ1v) is 9.61. The molecule has 6 nitrogen and oxygen atoms in total. The number of nitrogens with one attached hydrogen (secondary N) is 1. The molecule has 1 aliphatic rings. The maximum Gasteiger partial charge on any atom is 0.257 e. The molecule has 0 bridgehead atoms. The minimum atomic E-state index is -0.288. The van der Waals surface area contributed by atoms with E-state index in [0.717, 1.165) is 5.56 Å². The average Bonchev–Trinajstić information content (AvgIpc) is 2.68. The summed E-state index contributed by atoms with van der Waals surface area (Å²) in [5, 5.41) is 12.9. The fraction of sp³-hybridized carbons (Fsp3) is 0.364. The number of carbonyl (C=O) groups is 2. The maximum absolute atomic E-state index is 12.8. The van der Waals surface area contributed by atoms with E-state index in [1.54, 1.807) is 35.2 Å². The quantitative estimate of drug-likeness (QED) is 0.833. The van der Waals surface area contributed by atoms with E-state index >= 15 is 0 Å². The molecule has 1 heterocycles. The highest BCUT2D eigenvalue weighted by Crippen LogP contribution is 2.23. The lowest BCUT2D eigenvalue weighted by Gasteiger charge is -2.32. The number of nitrogens with zero attached hydrogens (tertiary/aromatic N) is 1. The third kappa shape index (κ3) is 4.44. The van der Waals surface area contributed by atoms with Crippen molar-refractivity contribution in [3.8, 4) is 11.5 Å². The number of likely N-dealkylation sites (tertiary alicyclic amines) is 1. The number of hydrogen-bond donors (Lipinski definition) is 2. The predicted molar refractivity (Wildman–Crippen MR) is 107 cm³/mol. The zero-order valence-electron chi connectivity index (χ0n) is 16.3. The van der Waals surface area contributed by atoms with Crippen LogP contribution < -0.4 is 10.1 Å². The molecular formula is C22H26N2O4. The number of para-hydroxylation sites is 1. The first kappa shape index (κ1) is 19.7. The Morgan fingerprint density at radius 2 is 1.86 bits per heavy atom. The highest BCUT2D eigenvalue weighted by Gasteiger charge is 2.26. The summed E-state index contributed by atoms with van der Waals surface area (Å²) in [4.78, 5) is 27.1. The lowest BCUT2D eigenvalue weighted by atomic mass is 10.0. The van der Waals surface area contributed by atoms with E-state index in [-0.39, 0.29) is 29.2 Å². The summed E-state index contributed by atoms with van der Waals surface area (Å²) in [6.45, 7) is 5.37. The topological polar surface area (TPSA) is 78.9 Å². The van der Waals surface area contributed by atoms with Crippen LogP contribution in [-0.2, 0) is 0 Å². The number of benzene rings is 2. The van der Waals surface area contributed by atoms with Crippen molar-refractivity contribution in [1.29, 1.82) is 0 Å². The van der Waals surface area contributed by atoms with Gasteiger partial charge in [0.1, 0.15) is 11.5 Å². The molecule has 148 valence electrons. The van der Waals surface area contributed by atoms with Crippen LogP contribution in [0.4, 0.5) is 0 Å². The van der Waals surface area contributed by atoms with Gasteiger partial charge in [0.05, 0.1) is 17.7 Å². The SMILES string of the molecule is CCOc1ccccc1C(=O)N1CCC(NC(=O)c2ccc(C)cc2O)CC1. The van der Waals surface area contributed by atoms with Gasteiger partial charge < -0.3 is 20.1 Å². The van der Waals surface area contributed by atoms with E-state index in [2.05, 4.69) is 5.32 Å². The van der Waals surface area contributed by atoms with E-state index in [1.165, 1.54) is 0 Å². The number of aromatic hydroxyl groups is 1. The van der Waals surface area contributed by atoms with Gasteiger partial charge in [-0.15, -0.1) is 0 Å². The number of phenolic OH excluding ortho intramolecular Hbond substituents is 1. The fourth-order valence-corrected chi connectivity index (χ4v) is 3.42. The standard InChI is InChI=1S/C22H26N2O4/c1-3-28-20-7-5-4-6-18(20)22(27)24-12-10-16(11-13-24)23-21(26)17-9-8-15(2)14-19(17)25/h4-9,14,16,25H,3,10-13H2,1-2H3,(H,23,26). The smallest absolute Gasteiger partial charge is 0.257 e. The summed E-state index contributed by atoms with van der Waals surface area (Å²) in [6, 6.07) is 12.2. The molecule has 2 aromatic carbocycles. The third-order valence-electron chi connectivity index (χ3n) is 4.93. The van der Waals surface area contributed by atoms with E-state index in [4.69, 9.17) is 4.74 Å². The zero-order chi connectivity index (χ0) is 20.1. The van der Waals surface area contributed by atoms with E-state index < -0.39 is 0 Å². The van der Waals surface area contributed by atoms with Crippen molar-refractivity contribution in [2.75, 3.05) is 19.7 Å². The Kier molecular flexibility index (Phi) is 6.19. The van der Waals surface area contributed by atoms with E-state index in [0.29, 0.717) is 43.9 Å². The van der Waals surface area contributed by atoms with E-state index in [1.807, 2.05) is 26.0 Å². The maximum atomic E-state index is 12.8. The number of phenols is 1. The number of ether oxygens (including phenoxy) is 1. The number of rotatable bonds is 5. The zero-order valence-corrected chi connectivity index (χ0v) is 16.3. The molecule has 2 amide bonds. The number of aryl methyl sites for hydroxylation is 1. The van der Waals surface area contributed by atoms with Gasteiger partial charge in [-0.3, -0.25) is 9.59 Å². The molecule has 1 aliphatic heterocycles. The molecule has 0 atom stereocenters. The molecule has 0 unspecified atom stereocenters. The first-order chi connectivity index (χ1) is 13.5. The van der Waals surface area contributed by atoms with Crippen LogP contribution in [0, 0.1) is 6.92 Å². The molecule has 6 heteroatoms. The second-order valence-electron chi connectivity index (χ2n) is 6.99. The minimum absolute atomic E-state index is 0.0161. The van der Waals surface area contributed by atoms with Gasteiger partial charge in [-0.05, 0) is 56.5 Å². The Bertz CT molecular complexity index is 857.